The van der Waals surface area contributed by atoms with Crippen LogP contribution in [0.15, 0.2) is 0 Å². The zero-order valence-corrected chi connectivity index (χ0v) is 9.28. The first-order valence-corrected chi connectivity index (χ1v) is 5.44. The summed E-state index contributed by atoms with van der Waals surface area (Å²) in [5, 5.41) is 0. The lowest BCUT2D eigenvalue weighted by Crippen LogP contribution is -2.44. The van der Waals surface area contributed by atoms with Gasteiger partial charge in [-0.05, 0) is 25.7 Å². The fourth-order valence-electron chi connectivity index (χ4n) is 2.21. The minimum absolute atomic E-state index is 0.0226. The maximum absolute atomic E-state index is 13.0. The molecule has 0 aliphatic heterocycles. The number of hydrogen-bond donors (Lipinski definition) is 0. The van der Waals surface area contributed by atoms with E-state index >= 15 is 0 Å². The molecule has 0 spiro atoms. The summed E-state index contributed by atoms with van der Waals surface area (Å²) >= 11 is 0. The largest absolute Gasteiger partial charge is 0.375 e. The van der Waals surface area contributed by atoms with Crippen molar-refractivity contribution in [1.82, 2.24) is 0 Å². The van der Waals surface area contributed by atoms with E-state index in [0.29, 0.717) is 25.4 Å². The maximum atomic E-state index is 13.0. The van der Waals surface area contributed by atoms with Gasteiger partial charge in [-0.25, -0.2) is 8.78 Å². The van der Waals surface area contributed by atoms with Crippen LogP contribution in [0.25, 0.3) is 0 Å². The van der Waals surface area contributed by atoms with Crippen molar-refractivity contribution < 1.29 is 13.5 Å². The summed E-state index contributed by atoms with van der Waals surface area (Å²) in [6.45, 7) is 6.65. The predicted molar refractivity (Wildman–Crippen MR) is 52.6 cm³/mol. The van der Waals surface area contributed by atoms with E-state index in [0.717, 1.165) is 0 Å². The number of alkyl halides is 2. The molecule has 1 saturated carbocycles. The van der Waals surface area contributed by atoms with Crippen LogP contribution in [0.1, 0.15) is 46.5 Å². The van der Waals surface area contributed by atoms with Crippen LogP contribution in [0.3, 0.4) is 0 Å². The summed E-state index contributed by atoms with van der Waals surface area (Å²) in [6.07, 6.45) is 0.938. The molecule has 1 nitrogen and oxygen atoms in total. The van der Waals surface area contributed by atoms with Gasteiger partial charge in [0.05, 0.1) is 5.60 Å². The zero-order valence-electron chi connectivity index (χ0n) is 9.28. The van der Waals surface area contributed by atoms with Gasteiger partial charge in [-0.15, -0.1) is 0 Å². The molecular formula is C11H20F2O. The van der Waals surface area contributed by atoms with E-state index < -0.39 is 5.92 Å². The number of ether oxygens (including phenoxy) is 1. The molecular weight excluding hydrogens is 186 g/mol. The number of hydrogen-bond acceptors (Lipinski definition) is 1. The quantitative estimate of drug-likeness (QED) is 0.685. The van der Waals surface area contributed by atoms with E-state index in [1.165, 1.54) is 0 Å². The van der Waals surface area contributed by atoms with Crippen molar-refractivity contribution in [3.63, 3.8) is 0 Å². The highest BCUT2D eigenvalue weighted by Crippen LogP contribution is 2.43. The van der Waals surface area contributed by atoms with Crippen molar-refractivity contribution in [2.24, 2.45) is 5.92 Å². The fourth-order valence-corrected chi connectivity index (χ4v) is 2.21. The smallest absolute Gasteiger partial charge is 0.248 e. The van der Waals surface area contributed by atoms with Gasteiger partial charge in [-0.2, -0.15) is 0 Å². The Morgan fingerprint density at radius 3 is 2.00 bits per heavy atom. The first-order chi connectivity index (χ1) is 6.42. The zero-order chi connectivity index (χ0) is 10.8. The minimum atomic E-state index is -2.46. The first kappa shape index (κ1) is 11.9. The predicted octanol–water partition coefficient (Wildman–Crippen LogP) is 3.63. The Morgan fingerprint density at radius 2 is 1.64 bits per heavy atom. The lowest BCUT2D eigenvalue weighted by molar-refractivity contribution is -0.149. The van der Waals surface area contributed by atoms with Crippen LogP contribution in [0.4, 0.5) is 8.78 Å². The van der Waals surface area contributed by atoms with E-state index in [9.17, 15) is 8.78 Å². The molecule has 0 heterocycles. The van der Waals surface area contributed by atoms with Crippen molar-refractivity contribution >= 4 is 0 Å². The number of rotatable bonds is 3. The van der Waals surface area contributed by atoms with E-state index in [4.69, 9.17) is 4.74 Å². The lowest BCUT2D eigenvalue weighted by atomic mass is 9.75. The topological polar surface area (TPSA) is 9.23 Å². The second-order valence-corrected chi connectivity index (χ2v) is 4.51. The average Bonchev–Trinajstić information content (AvgIpc) is 2.09. The molecule has 1 rings (SSSR count). The third kappa shape index (κ3) is 2.44. The third-order valence-corrected chi connectivity index (χ3v) is 3.31. The van der Waals surface area contributed by atoms with Crippen molar-refractivity contribution in [3.05, 3.63) is 0 Å². The van der Waals surface area contributed by atoms with E-state index in [1.54, 1.807) is 0 Å². The Hall–Kier alpha value is -0.180. The molecule has 1 aliphatic rings. The van der Waals surface area contributed by atoms with Crippen LogP contribution >= 0.6 is 0 Å². The van der Waals surface area contributed by atoms with Gasteiger partial charge in [0, 0.05) is 19.4 Å². The maximum Gasteiger partial charge on any atom is 0.248 e. The Bertz CT molecular complexity index is 180. The average molecular weight is 206 g/mol. The van der Waals surface area contributed by atoms with Gasteiger partial charge in [0.1, 0.15) is 0 Å². The molecule has 0 aromatic carbocycles. The first-order valence-electron chi connectivity index (χ1n) is 5.44. The Balaban J connectivity index is 2.64. The second-order valence-electron chi connectivity index (χ2n) is 4.51. The fraction of sp³-hybridized carbons (Fsp3) is 1.00. The third-order valence-electron chi connectivity index (χ3n) is 3.31. The molecule has 0 amide bonds. The van der Waals surface area contributed by atoms with Crippen molar-refractivity contribution in [2.75, 3.05) is 6.61 Å². The minimum Gasteiger partial charge on any atom is -0.375 e. The highest BCUT2D eigenvalue weighted by molar-refractivity contribution is 4.92. The van der Waals surface area contributed by atoms with E-state index in [-0.39, 0.29) is 18.4 Å². The summed E-state index contributed by atoms with van der Waals surface area (Å²) in [4.78, 5) is 0. The number of halogens is 2. The monoisotopic (exact) mass is 206 g/mol. The molecule has 0 aromatic rings. The molecule has 0 bridgehead atoms. The van der Waals surface area contributed by atoms with Crippen LogP contribution in [-0.2, 0) is 4.74 Å². The SMILES string of the molecule is CCOC1(C(C)C)CCC(F)(F)CC1. The summed E-state index contributed by atoms with van der Waals surface area (Å²) in [6, 6.07) is 0. The van der Waals surface area contributed by atoms with Gasteiger partial charge in [-0.1, -0.05) is 13.8 Å². The van der Waals surface area contributed by atoms with Crippen molar-refractivity contribution in [1.29, 1.82) is 0 Å². The van der Waals surface area contributed by atoms with Crippen LogP contribution in [-0.4, -0.2) is 18.1 Å². The van der Waals surface area contributed by atoms with Gasteiger partial charge in [0.25, 0.3) is 0 Å². The van der Waals surface area contributed by atoms with Gasteiger partial charge in [0.2, 0.25) is 5.92 Å². The van der Waals surface area contributed by atoms with E-state index in [1.807, 2.05) is 6.92 Å². The van der Waals surface area contributed by atoms with Gasteiger partial charge in [-0.3, -0.25) is 0 Å². The molecule has 0 saturated heterocycles. The lowest BCUT2D eigenvalue weighted by Gasteiger charge is -2.42. The van der Waals surface area contributed by atoms with Crippen LogP contribution in [0.2, 0.25) is 0 Å². The molecule has 1 aliphatic carbocycles. The van der Waals surface area contributed by atoms with Crippen LogP contribution < -0.4 is 0 Å². The highest BCUT2D eigenvalue weighted by atomic mass is 19.3. The molecule has 0 N–H and O–H groups in total. The Morgan fingerprint density at radius 1 is 1.14 bits per heavy atom. The molecule has 0 aromatic heterocycles. The van der Waals surface area contributed by atoms with Gasteiger partial charge >= 0.3 is 0 Å². The summed E-state index contributed by atoms with van der Waals surface area (Å²) < 4.78 is 31.7. The van der Waals surface area contributed by atoms with Crippen LogP contribution in [0, 0.1) is 5.92 Å². The molecule has 3 heteroatoms. The molecule has 0 unspecified atom stereocenters. The summed E-state index contributed by atoms with van der Waals surface area (Å²) in [7, 11) is 0. The Labute approximate surface area is 84.8 Å². The Kier molecular flexibility index (Phi) is 3.51. The standard InChI is InChI=1S/C11H20F2O/c1-4-14-10(9(2)3)5-7-11(12,13)8-6-10/h9H,4-8H2,1-3H3. The summed E-state index contributed by atoms with van der Waals surface area (Å²) in [5.41, 5.74) is -0.295. The van der Waals surface area contributed by atoms with E-state index in [2.05, 4.69) is 13.8 Å². The van der Waals surface area contributed by atoms with Crippen molar-refractivity contribution in [3.8, 4) is 0 Å². The van der Waals surface area contributed by atoms with Gasteiger partial charge < -0.3 is 4.74 Å². The second kappa shape index (κ2) is 4.13. The highest BCUT2D eigenvalue weighted by Gasteiger charge is 2.45. The molecule has 0 radical (unpaired) electrons. The van der Waals surface area contributed by atoms with Gasteiger partial charge in [0.15, 0.2) is 0 Å². The van der Waals surface area contributed by atoms with Crippen LogP contribution in [0.5, 0.6) is 0 Å². The summed E-state index contributed by atoms with van der Waals surface area (Å²) in [5.74, 6) is -2.14. The molecule has 1 fully saturated rings. The molecule has 84 valence electrons. The van der Waals surface area contributed by atoms with Crippen molar-refractivity contribution in [2.45, 2.75) is 58.0 Å². The molecule has 0 atom stereocenters. The normalized spacial score (nSPS) is 25.3. The molecule has 14 heavy (non-hydrogen) atoms.